The van der Waals surface area contributed by atoms with Gasteiger partial charge in [-0.3, -0.25) is 14.2 Å². The normalized spacial score (nSPS) is 21.5. The van der Waals surface area contributed by atoms with Gasteiger partial charge in [-0.05, 0) is 26.8 Å². The maximum absolute atomic E-state index is 13.2. The molecule has 0 radical (unpaired) electrons. The summed E-state index contributed by atoms with van der Waals surface area (Å²) < 4.78 is 26.0. The maximum atomic E-state index is 13.2. The van der Waals surface area contributed by atoms with Crippen molar-refractivity contribution in [2.24, 2.45) is 0 Å². The third kappa shape index (κ3) is 3.38. The Hall–Kier alpha value is -1.50. The van der Waals surface area contributed by atoms with E-state index in [1.807, 2.05) is 28.8 Å². The number of rotatable bonds is 7. The molecule has 0 spiro atoms. The standard InChI is InChI=1S/C18H25N2O5P/c1-5-23-26(22,24-6-2)18-11-17(25-19(18)4)20-12-15(13(3)21)14-9-7-8-10-16(14)20/h7-10,12,17-18H,5-6,11H2,1-4H3/t17-,18+/m1/s1. The van der Waals surface area contributed by atoms with Crippen molar-refractivity contribution in [3.63, 3.8) is 0 Å². The van der Waals surface area contributed by atoms with Crippen molar-refractivity contribution in [3.05, 3.63) is 36.0 Å². The van der Waals surface area contributed by atoms with Crippen LogP contribution in [0.5, 0.6) is 0 Å². The number of Topliss-reactive ketones (excluding diaryl/α,β-unsaturated/α-hetero) is 1. The molecule has 7 nitrogen and oxygen atoms in total. The zero-order valence-electron chi connectivity index (χ0n) is 15.5. The Morgan fingerprint density at radius 2 is 1.92 bits per heavy atom. The number of fused-ring (bicyclic) bond motifs is 1. The van der Waals surface area contributed by atoms with Crippen molar-refractivity contribution in [2.75, 3.05) is 20.3 Å². The summed E-state index contributed by atoms with van der Waals surface area (Å²) in [5, 5.41) is 2.44. The van der Waals surface area contributed by atoms with E-state index in [4.69, 9.17) is 13.9 Å². The number of carbonyl (C=O) groups is 1. The van der Waals surface area contributed by atoms with Gasteiger partial charge in [0.15, 0.2) is 12.0 Å². The van der Waals surface area contributed by atoms with Crippen LogP contribution in [0.15, 0.2) is 30.5 Å². The number of hydroxylamine groups is 2. The summed E-state index contributed by atoms with van der Waals surface area (Å²) >= 11 is 0. The van der Waals surface area contributed by atoms with Crippen molar-refractivity contribution in [3.8, 4) is 0 Å². The van der Waals surface area contributed by atoms with Crippen LogP contribution in [0.3, 0.4) is 0 Å². The number of benzene rings is 1. The van der Waals surface area contributed by atoms with Crippen LogP contribution in [0.4, 0.5) is 0 Å². The van der Waals surface area contributed by atoms with Crippen LogP contribution in [0, 0.1) is 0 Å². The van der Waals surface area contributed by atoms with Gasteiger partial charge in [-0.1, -0.05) is 18.2 Å². The van der Waals surface area contributed by atoms with E-state index in [1.54, 1.807) is 39.1 Å². The molecule has 3 rings (SSSR count). The van der Waals surface area contributed by atoms with Gasteiger partial charge in [0.25, 0.3) is 0 Å². The quantitative estimate of drug-likeness (QED) is 0.530. The molecule has 0 unspecified atom stereocenters. The summed E-state index contributed by atoms with van der Waals surface area (Å²) in [6.45, 7) is 5.73. The molecule has 2 atom stereocenters. The van der Waals surface area contributed by atoms with Gasteiger partial charge in [-0.15, -0.1) is 0 Å². The van der Waals surface area contributed by atoms with E-state index in [0.29, 0.717) is 25.2 Å². The van der Waals surface area contributed by atoms with Gasteiger partial charge in [0.2, 0.25) is 0 Å². The number of hydrogen-bond acceptors (Lipinski definition) is 6. The fraction of sp³-hybridized carbons (Fsp3) is 0.500. The molecule has 26 heavy (non-hydrogen) atoms. The molecule has 0 aliphatic carbocycles. The van der Waals surface area contributed by atoms with Crippen molar-refractivity contribution in [1.29, 1.82) is 0 Å². The van der Waals surface area contributed by atoms with E-state index < -0.39 is 19.6 Å². The molecule has 0 amide bonds. The molecule has 142 valence electrons. The van der Waals surface area contributed by atoms with E-state index in [0.717, 1.165) is 10.9 Å². The number of carbonyl (C=O) groups excluding carboxylic acids is 1. The predicted octanol–water partition coefficient (Wildman–Crippen LogP) is 4.20. The average molecular weight is 380 g/mol. The van der Waals surface area contributed by atoms with Crippen molar-refractivity contribution in [1.82, 2.24) is 9.63 Å². The molecule has 1 aliphatic heterocycles. The van der Waals surface area contributed by atoms with Crippen LogP contribution in [0.25, 0.3) is 10.9 Å². The molecular formula is C18H25N2O5P. The van der Waals surface area contributed by atoms with Crippen LogP contribution < -0.4 is 0 Å². The highest BCUT2D eigenvalue weighted by atomic mass is 31.2. The first-order valence-corrected chi connectivity index (χ1v) is 10.4. The van der Waals surface area contributed by atoms with E-state index in [2.05, 4.69) is 0 Å². The van der Waals surface area contributed by atoms with Crippen molar-refractivity contribution < 1.29 is 23.2 Å². The zero-order valence-corrected chi connectivity index (χ0v) is 16.4. The summed E-state index contributed by atoms with van der Waals surface area (Å²) in [5.41, 5.74) is 1.55. The van der Waals surface area contributed by atoms with Gasteiger partial charge >= 0.3 is 7.60 Å². The fourth-order valence-electron chi connectivity index (χ4n) is 3.42. The maximum Gasteiger partial charge on any atom is 0.350 e. The lowest BCUT2D eigenvalue weighted by Gasteiger charge is -2.25. The Morgan fingerprint density at radius 1 is 1.27 bits per heavy atom. The largest absolute Gasteiger partial charge is 0.350 e. The van der Waals surface area contributed by atoms with E-state index in [1.165, 1.54) is 0 Å². The van der Waals surface area contributed by atoms with Crippen LogP contribution in [0.1, 0.15) is 43.8 Å². The zero-order chi connectivity index (χ0) is 18.9. The van der Waals surface area contributed by atoms with Gasteiger partial charge in [-0.25, -0.2) is 0 Å². The summed E-state index contributed by atoms with van der Waals surface area (Å²) in [6.07, 6.45) is 1.85. The first kappa shape index (κ1) is 19.3. The molecule has 0 N–H and O–H groups in total. The lowest BCUT2D eigenvalue weighted by molar-refractivity contribution is -0.157. The Morgan fingerprint density at radius 3 is 2.54 bits per heavy atom. The Balaban J connectivity index is 1.96. The molecular weight excluding hydrogens is 355 g/mol. The first-order chi connectivity index (χ1) is 12.4. The number of ketones is 1. The molecule has 1 aromatic heterocycles. The number of hydrogen-bond donors (Lipinski definition) is 0. The number of para-hydroxylation sites is 1. The topological polar surface area (TPSA) is 70.0 Å². The minimum Gasteiger partial charge on any atom is -0.319 e. The lowest BCUT2D eigenvalue weighted by Crippen LogP contribution is -2.25. The minimum absolute atomic E-state index is 0.00263. The second-order valence-electron chi connectivity index (χ2n) is 6.22. The van der Waals surface area contributed by atoms with Crippen molar-refractivity contribution in [2.45, 2.75) is 39.2 Å². The third-order valence-electron chi connectivity index (χ3n) is 4.53. The lowest BCUT2D eigenvalue weighted by atomic mass is 10.1. The van der Waals surface area contributed by atoms with Crippen molar-refractivity contribution >= 4 is 24.3 Å². The molecule has 2 aromatic rings. The molecule has 1 aromatic carbocycles. The summed E-state index contributed by atoms with van der Waals surface area (Å²) in [6, 6.07) is 7.69. The van der Waals surface area contributed by atoms with E-state index in [9.17, 15) is 9.36 Å². The number of aromatic nitrogens is 1. The molecule has 2 heterocycles. The van der Waals surface area contributed by atoms with Gasteiger partial charge in [-0.2, -0.15) is 5.06 Å². The van der Waals surface area contributed by atoms with Crippen LogP contribution in [-0.2, 0) is 18.5 Å². The monoisotopic (exact) mass is 380 g/mol. The number of nitrogens with zero attached hydrogens (tertiary/aromatic N) is 2. The summed E-state index contributed by atoms with van der Waals surface area (Å²) in [4.78, 5) is 17.9. The molecule has 1 aliphatic rings. The third-order valence-corrected chi connectivity index (χ3v) is 7.04. The van der Waals surface area contributed by atoms with Gasteiger partial charge in [0.05, 0.1) is 18.7 Å². The highest BCUT2D eigenvalue weighted by molar-refractivity contribution is 7.54. The molecule has 0 saturated carbocycles. The molecule has 0 bridgehead atoms. The molecule has 8 heteroatoms. The van der Waals surface area contributed by atoms with E-state index >= 15 is 0 Å². The average Bonchev–Trinajstić information content (AvgIpc) is 3.16. The highest BCUT2D eigenvalue weighted by Crippen LogP contribution is 2.58. The Labute approximate surface area is 153 Å². The smallest absolute Gasteiger partial charge is 0.319 e. The Kier molecular flexibility index (Phi) is 5.65. The SMILES string of the molecule is CCOP(=O)(OCC)[C@H]1C[C@H](n2cc(C(C)=O)c3ccccc32)ON1C. The van der Waals surface area contributed by atoms with Gasteiger partial charge < -0.3 is 13.6 Å². The van der Waals surface area contributed by atoms with E-state index in [-0.39, 0.29) is 5.78 Å². The second-order valence-corrected chi connectivity index (χ2v) is 8.41. The fourth-order valence-corrected chi connectivity index (χ4v) is 5.45. The van der Waals surface area contributed by atoms with Crippen LogP contribution >= 0.6 is 7.60 Å². The van der Waals surface area contributed by atoms with Gasteiger partial charge in [0.1, 0.15) is 5.78 Å². The summed E-state index contributed by atoms with van der Waals surface area (Å²) in [7, 11) is -1.60. The first-order valence-electron chi connectivity index (χ1n) is 8.80. The Bertz CT molecular complexity index is 839. The minimum atomic E-state index is -3.33. The highest BCUT2D eigenvalue weighted by Gasteiger charge is 2.46. The van der Waals surface area contributed by atoms with Gasteiger partial charge in [0, 0.05) is 30.6 Å². The molecule has 1 fully saturated rings. The molecule has 1 saturated heterocycles. The second kappa shape index (κ2) is 7.62. The van der Waals surface area contributed by atoms with Crippen LogP contribution in [-0.4, -0.2) is 41.5 Å². The predicted molar refractivity (Wildman–Crippen MR) is 99.1 cm³/mol. The van der Waals surface area contributed by atoms with Crippen LogP contribution in [0.2, 0.25) is 0 Å². The summed E-state index contributed by atoms with van der Waals surface area (Å²) in [5.74, 6) is -0.508.